The minimum atomic E-state index is -2.94. The van der Waals surface area contributed by atoms with Crippen LogP contribution in [0.3, 0.4) is 0 Å². The molecule has 8 heteroatoms. The molecule has 6 nitrogen and oxygen atoms in total. The van der Waals surface area contributed by atoms with Crippen molar-refractivity contribution in [1.82, 2.24) is 20.1 Å². The standard InChI is InChI=1S/C20H20F2N4O2/c1-12-10-13(2)26(25-12)18-9-8-15(11-23-18)19(27)24-14(3)16-6-4-5-7-17(16)28-20(21)22/h4-11,14,20H,1-3H3,(H,24,27). The van der Waals surface area contributed by atoms with Crippen LogP contribution >= 0.6 is 0 Å². The maximum absolute atomic E-state index is 12.6. The van der Waals surface area contributed by atoms with Crippen LogP contribution in [-0.4, -0.2) is 27.3 Å². The van der Waals surface area contributed by atoms with Gasteiger partial charge in [-0.25, -0.2) is 9.67 Å². The van der Waals surface area contributed by atoms with E-state index in [1.165, 1.54) is 12.3 Å². The van der Waals surface area contributed by atoms with Crippen molar-refractivity contribution in [2.24, 2.45) is 0 Å². The summed E-state index contributed by atoms with van der Waals surface area (Å²) >= 11 is 0. The maximum Gasteiger partial charge on any atom is 0.387 e. The Kier molecular flexibility index (Phi) is 5.67. The Morgan fingerprint density at radius 2 is 1.93 bits per heavy atom. The van der Waals surface area contributed by atoms with E-state index >= 15 is 0 Å². The van der Waals surface area contributed by atoms with Crippen molar-refractivity contribution in [2.45, 2.75) is 33.4 Å². The number of nitrogens with one attached hydrogen (secondary N) is 1. The fourth-order valence-corrected chi connectivity index (χ4v) is 2.91. The van der Waals surface area contributed by atoms with E-state index < -0.39 is 12.7 Å². The van der Waals surface area contributed by atoms with Crippen molar-refractivity contribution < 1.29 is 18.3 Å². The molecular formula is C20H20F2N4O2. The Morgan fingerprint density at radius 3 is 2.54 bits per heavy atom. The third-order valence-corrected chi connectivity index (χ3v) is 4.19. The number of rotatable bonds is 6. The number of amides is 1. The van der Waals surface area contributed by atoms with Gasteiger partial charge in [0.1, 0.15) is 5.75 Å². The van der Waals surface area contributed by atoms with Gasteiger partial charge in [-0.3, -0.25) is 4.79 Å². The van der Waals surface area contributed by atoms with Crippen molar-refractivity contribution in [3.05, 3.63) is 71.2 Å². The van der Waals surface area contributed by atoms with Crippen molar-refractivity contribution in [3.63, 3.8) is 0 Å². The van der Waals surface area contributed by atoms with Crippen LogP contribution in [0.25, 0.3) is 5.82 Å². The van der Waals surface area contributed by atoms with E-state index in [1.807, 2.05) is 19.9 Å². The highest BCUT2D eigenvalue weighted by atomic mass is 19.3. The van der Waals surface area contributed by atoms with Gasteiger partial charge in [-0.05, 0) is 45.0 Å². The van der Waals surface area contributed by atoms with Gasteiger partial charge in [-0.2, -0.15) is 13.9 Å². The Bertz CT molecular complexity index is 971. The number of nitrogens with zero attached hydrogens (tertiary/aromatic N) is 3. The number of para-hydroxylation sites is 1. The average molecular weight is 386 g/mol. The fraction of sp³-hybridized carbons (Fsp3) is 0.250. The van der Waals surface area contributed by atoms with Gasteiger partial charge >= 0.3 is 6.61 Å². The SMILES string of the molecule is Cc1cc(C)n(-c2ccc(C(=O)NC(C)c3ccccc3OC(F)F)cn2)n1. The second-order valence-electron chi connectivity index (χ2n) is 6.36. The molecule has 28 heavy (non-hydrogen) atoms. The van der Waals surface area contributed by atoms with Crippen LogP contribution in [-0.2, 0) is 0 Å². The molecule has 3 rings (SSSR count). The van der Waals surface area contributed by atoms with Gasteiger partial charge < -0.3 is 10.1 Å². The molecule has 1 unspecified atom stereocenters. The van der Waals surface area contributed by atoms with E-state index in [0.717, 1.165) is 11.4 Å². The summed E-state index contributed by atoms with van der Waals surface area (Å²) in [6, 6.07) is 11.1. The minimum Gasteiger partial charge on any atom is -0.434 e. The molecule has 0 aliphatic carbocycles. The first-order chi connectivity index (χ1) is 13.3. The molecule has 3 aromatic rings. The van der Waals surface area contributed by atoms with E-state index in [-0.39, 0.29) is 11.7 Å². The first-order valence-electron chi connectivity index (χ1n) is 8.69. The molecular weight excluding hydrogens is 366 g/mol. The lowest BCUT2D eigenvalue weighted by atomic mass is 10.1. The summed E-state index contributed by atoms with van der Waals surface area (Å²) in [5.41, 5.74) is 2.62. The Morgan fingerprint density at radius 1 is 1.18 bits per heavy atom. The van der Waals surface area contributed by atoms with E-state index in [1.54, 1.807) is 41.9 Å². The quantitative estimate of drug-likeness (QED) is 0.696. The maximum atomic E-state index is 12.6. The van der Waals surface area contributed by atoms with Gasteiger partial charge in [0, 0.05) is 17.5 Å². The van der Waals surface area contributed by atoms with Crippen LogP contribution in [0, 0.1) is 13.8 Å². The first kappa shape index (κ1) is 19.5. The number of ether oxygens (including phenoxy) is 1. The van der Waals surface area contributed by atoms with Crippen molar-refractivity contribution in [1.29, 1.82) is 0 Å². The second-order valence-corrected chi connectivity index (χ2v) is 6.36. The number of hydrogen-bond acceptors (Lipinski definition) is 4. The number of alkyl halides is 2. The van der Waals surface area contributed by atoms with E-state index in [9.17, 15) is 13.6 Å². The highest BCUT2D eigenvalue weighted by molar-refractivity contribution is 5.94. The molecule has 0 saturated heterocycles. The molecule has 1 aromatic carbocycles. The number of aryl methyl sites for hydroxylation is 2. The van der Waals surface area contributed by atoms with Crippen LogP contribution in [0.15, 0.2) is 48.7 Å². The number of halogens is 2. The molecule has 146 valence electrons. The molecule has 1 atom stereocenters. The lowest BCUT2D eigenvalue weighted by Crippen LogP contribution is -2.27. The van der Waals surface area contributed by atoms with Crippen LogP contribution in [0.1, 0.15) is 40.3 Å². The van der Waals surface area contributed by atoms with Gasteiger partial charge in [0.2, 0.25) is 0 Å². The summed E-state index contributed by atoms with van der Waals surface area (Å²) in [6.45, 7) is 2.57. The summed E-state index contributed by atoms with van der Waals surface area (Å²) in [6.07, 6.45) is 1.45. The van der Waals surface area contributed by atoms with Crippen molar-refractivity contribution in [2.75, 3.05) is 0 Å². The average Bonchev–Trinajstić information content (AvgIpc) is 3.00. The number of pyridine rings is 1. The smallest absolute Gasteiger partial charge is 0.387 e. The highest BCUT2D eigenvalue weighted by Gasteiger charge is 2.17. The fourth-order valence-electron chi connectivity index (χ4n) is 2.91. The normalized spacial score (nSPS) is 12.1. The van der Waals surface area contributed by atoms with Gasteiger partial charge in [0.25, 0.3) is 5.91 Å². The second kappa shape index (κ2) is 8.16. The van der Waals surface area contributed by atoms with Gasteiger partial charge in [0.05, 0.1) is 17.3 Å². The van der Waals surface area contributed by atoms with E-state index in [0.29, 0.717) is 16.9 Å². The number of benzene rings is 1. The molecule has 0 spiro atoms. The third-order valence-electron chi connectivity index (χ3n) is 4.19. The molecule has 0 aliphatic rings. The summed E-state index contributed by atoms with van der Waals surface area (Å²) < 4.78 is 31.4. The zero-order valence-corrected chi connectivity index (χ0v) is 15.7. The Balaban J connectivity index is 1.74. The van der Waals surface area contributed by atoms with Gasteiger partial charge in [0.15, 0.2) is 5.82 Å². The zero-order chi connectivity index (χ0) is 20.3. The van der Waals surface area contributed by atoms with Crippen LogP contribution < -0.4 is 10.1 Å². The number of carbonyl (C=O) groups is 1. The molecule has 0 radical (unpaired) electrons. The van der Waals surface area contributed by atoms with Gasteiger partial charge in [-0.1, -0.05) is 18.2 Å². The van der Waals surface area contributed by atoms with Crippen molar-refractivity contribution in [3.8, 4) is 11.6 Å². The van der Waals surface area contributed by atoms with E-state index in [4.69, 9.17) is 0 Å². The first-order valence-corrected chi connectivity index (χ1v) is 8.69. The topological polar surface area (TPSA) is 69.0 Å². The number of aromatic nitrogens is 3. The lowest BCUT2D eigenvalue weighted by molar-refractivity contribution is -0.0506. The highest BCUT2D eigenvalue weighted by Crippen LogP contribution is 2.26. The third kappa shape index (κ3) is 4.33. The molecule has 0 aliphatic heterocycles. The van der Waals surface area contributed by atoms with Crippen molar-refractivity contribution >= 4 is 5.91 Å². The minimum absolute atomic E-state index is 0.0308. The summed E-state index contributed by atoms with van der Waals surface area (Å²) in [5, 5.41) is 7.13. The molecule has 0 saturated carbocycles. The predicted molar refractivity (Wildman–Crippen MR) is 99.8 cm³/mol. The summed E-state index contributed by atoms with van der Waals surface area (Å²) in [5.74, 6) is 0.265. The Labute approximate surface area is 161 Å². The van der Waals surface area contributed by atoms with Gasteiger partial charge in [-0.15, -0.1) is 0 Å². The lowest BCUT2D eigenvalue weighted by Gasteiger charge is -2.18. The molecule has 0 fully saturated rings. The summed E-state index contributed by atoms with van der Waals surface area (Å²) in [7, 11) is 0. The molecule has 1 amide bonds. The Hall–Kier alpha value is -3.29. The number of carbonyl (C=O) groups excluding carboxylic acids is 1. The van der Waals surface area contributed by atoms with Crippen LogP contribution in [0.2, 0.25) is 0 Å². The zero-order valence-electron chi connectivity index (χ0n) is 15.7. The number of hydrogen-bond donors (Lipinski definition) is 1. The molecule has 1 N–H and O–H groups in total. The summed E-state index contributed by atoms with van der Waals surface area (Å²) in [4.78, 5) is 16.8. The molecule has 0 bridgehead atoms. The van der Waals surface area contributed by atoms with Crippen LogP contribution in [0.5, 0.6) is 5.75 Å². The molecule has 2 aromatic heterocycles. The van der Waals surface area contributed by atoms with Crippen LogP contribution in [0.4, 0.5) is 8.78 Å². The predicted octanol–water partition coefficient (Wildman–Crippen LogP) is 3.98. The van der Waals surface area contributed by atoms with E-state index in [2.05, 4.69) is 20.1 Å². The largest absolute Gasteiger partial charge is 0.434 e. The monoisotopic (exact) mass is 386 g/mol. The molecule has 2 heterocycles.